The largest absolute Gasteiger partial charge is 0.439 e. The van der Waals surface area contributed by atoms with E-state index >= 15 is 0 Å². The highest BCUT2D eigenvalue weighted by atomic mass is 16.5. The van der Waals surface area contributed by atoms with Crippen LogP contribution in [0.25, 0.3) is 0 Å². The maximum atomic E-state index is 11.8. The van der Waals surface area contributed by atoms with Crippen LogP contribution in [0.3, 0.4) is 0 Å². The molecule has 0 saturated carbocycles. The third-order valence-corrected chi connectivity index (χ3v) is 3.39. The van der Waals surface area contributed by atoms with Crippen LogP contribution in [0, 0.1) is 13.8 Å². The van der Waals surface area contributed by atoms with Crippen LogP contribution in [0.15, 0.2) is 36.5 Å². The van der Waals surface area contributed by atoms with Crippen LogP contribution in [-0.2, 0) is 9.53 Å². The molecule has 0 aliphatic rings. The van der Waals surface area contributed by atoms with Crippen molar-refractivity contribution in [2.75, 3.05) is 19.0 Å². The second kappa shape index (κ2) is 7.71. The molecular weight excluding hydrogens is 294 g/mol. The maximum Gasteiger partial charge on any atom is 0.243 e. The van der Waals surface area contributed by atoms with Gasteiger partial charge in [-0.15, -0.1) is 0 Å². The molecule has 1 aromatic heterocycles. The quantitative estimate of drug-likeness (QED) is 0.855. The first-order valence-electron chi connectivity index (χ1n) is 7.26. The van der Waals surface area contributed by atoms with E-state index in [4.69, 9.17) is 15.2 Å². The molecule has 2 aromatic rings. The van der Waals surface area contributed by atoms with E-state index in [2.05, 4.69) is 10.3 Å². The van der Waals surface area contributed by atoms with Crippen molar-refractivity contribution in [3.63, 3.8) is 0 Å². The van der Waals surface area contributed by atoms with Crippen molar-refractivity contribution < 1.29 is 14.3 Å². The molecule has 3 N–H and O–H groups in total. The molecule has 0 aliphatic carbocycles. The summed E-state index contributed by atoms with van der Waals surface area (Å²) in [5, 5.41) is 2.67. The molecular formula is C17H21N3O3. The van der Waals surface area contributed by atoms with Gasteiger partial charge < -0.3 is 20.5 Å². The van der Waals surface area contributed by atoms with Crippen LogP contribution >= 0.6 is 0 Å². The molecule has 1 atom stereocenters. The number of benzene rings is 1. The molecule has 6 nitrogen and oxygen atoms in total. The van der Waals surface area contributed by atoms with Gasteiger partial charge in [0.25, 0.3) is 0 Å². The number of nitrogens with two attached hydrogens (primary N) is 1. The first-order valence-corrected chi connectivity index (χ1v) is 7.26. The highest BCUT2D eigenvalue weighted by molar-refractivity contribution is 5.94. The molecule has 1 heterocycles. The summed E-state index contributed by atoms with van der Waals surface area (Å²) < 4.78 is 10.5. The number of ether oxygens (including phenoxy) is 2. The summed E-state index contributed by atoms with van der Waals surface area (Å²) in [5.41, 5.74) is 8.56. The second-order valence-electron chi connectivity index (χ2n) is 5.28. The van der Waals surface area contributed by atoms with Crippen LogP contribution < -0.4 is 15.8 Å². The molecule has 0 saturated heterocycles. The van der Waals surface area contributed by atoms with Gasteiger partial charge in [0.1, 0.15) is 11.8 Å². The number of nitrogens with zero attached hydrogens (tertiary/aromatic N) is 1. The van der Waals surface area contributed by atoms with E-state index in [0.29, 0.717) is 11.6 Å². The Morgan fingerprint density at radius 1 is 1.26 bits per heavy atom. The number of rotatable bonds is 6. The Labute approximate surface area is 135 Å². The summed E-state index contributed by atoms with van der Waals surface area (Å²) in [6.45, 7) is 4.23. The molecule has 0 bridgehead atoms. The Morgan fingerprint density at radius 2 is 2.04 bits per heavy atom. The molecule has 6 heteroatoms. The third kappa shape index (κ3) is 4.77. The number of carbonyl (C=O) groups excluding carboxylic acids is 1. The summed E-state index contributed by atoms with van der Waals surface area (Å²) in [6.07, 6.45) is 1.52. The van der Waals surface area contributed by atoms with E-state index in [0.717, 1.165) is 11.3 Å². The first kappa shape index (κ1) is 16.9. The van der Waals surface area contributed by atoms with Crippen molar-refractivity contribution in [1.82, 2.24) is 4.98 Å². The Bertz CT molecular complexity index is 671. The van der Waals surface area contributed by atoms with Crippen LogP contribution in [0.4, 0.5) is 5.69 Å². The molecule has 2 rings (SSSR count). The van der Waals surface area contributed by atoms with E-state index in [9.17, 15) is 4.79 Å². The smallest absolute Gasteiger partial charge is 0.243 e. The number of methoxy groups -OCH3 is 1. The highest BCUT2D eigenvalue weighted by Crippen LogP contribution is 2.22. The Balaban J connectivity index is 1.99. The first-order chi connectivity index (χ1) is 11.0. The van der Waals surface area contributed by atoms with Gasteiger partial charge in [0, 0.05) is 13.2 Å². The van der Waals surface area contributed by atoms with Gasteiger partial charge in [-0.1, -0.05) is 6.07 Å². The van der Waals surface area contributed by atoms with Gasteiger partial charge in [-0.3, -0.25) is 4.79 Å². The summed E-state index contributed by atoms with van der Waals surface area (Å²) in [6, 6.07) is 8.52. The monoisotopic (exact) mass is 315 g/mol. The molecule has 0 radical (unpaired) electrons. The number of nitrogens with one attached hydrogen (secondary N) is 1. The average Bonchev–Trinajstić information content (AvgIpc) is 2.53. The lowest BCUT2D eigenvalue weighted by molar-refractivity contribution is -0.118. The summed E-state index contributed by atoms with van der Waals surface area (Å²) >= 11 is 0. The van der Waals surface area contributed by atoms with E-state index in [1.165, 1.54) is 18.9 Å². The predicted molar refractivity (Wildman–Crippen MR) is 88.7 cm³/mol. The molecule has 1 amide bonds. The second-order valence-corrected chi connectivity index (χ2v) is 5.28. The summed E-state index contributed by atoms with van der Waals surface area (Å²) in [4.78, 5) is 15.9. The van der Waals surface area contributed by atoms with Crippen molar-refractivity contribution in [2.45, 2.75) is 19.9 Å². The molecule has 23 heavy (non-hydrogen) atoms. The third-order valence-electron chi connectivity index (χ3n) is 3.39. The molecule has 1 unspecified atom stereocenters. The fraction of sp³-hybridized carbons (Fsp3) is 0.294. The van der Waals surface area contributed by atoms with Crippen molar-refractivity contribution in [3.05, 3.63) is 47.7 Å². The number of anilines is 1. The lowest BCUT2D eigenvalue weighted by Gasteiger charge is -2.11. The zero-order valence-electron chi connectivity index (χ0n) is 13.5. The minimum Gasteiger partial charge on any atom is -0.439 e. The minimum absolute atomic E-state index is 0.160. The average molecular weight is 315 g/mol. The van der Waals surface area contributed by atoms with Crippen LogP contribution in [0.5, 0.6) is 11.6 Å². The van der Waals surface area contributed by atoms with Crippen molar-refractivity contribution in [1.29, 1.82) is 0 Å². The number of hydrogen-bond acceptors (Lipinski definition) is 5. The lowest BCUT2D eigenvalue weighted by atomic mass is 10.1. The van der Waals surface area contributed by atoms with E-state index in [-0.39, 0.29) is 12.5 Å². The van der Waals surface area contributed by atoms with Gasteiger partial charge in [0.2, 0.25) is 11.8 Å². The molecule has 0 spiro atoms. The number of amides is 1. The Morgan fingerprint density at radius 3 is 2.65 bits per heavy atom. The van der Waals surface area contributed by atoms with Crippen molar-refractivity contribution >= 4 is 11.6 Å². The molecule has 122 valence electrons. The van der Waals surface area contributed by atoms with Gasteiger partial charge in [-0.2, -0.15) is 0 Å². The van der Waals surface area contributed by atoms with Crippen molar-refractivity contribution in [2.24, 2.45) is 5.73 Å². The van der Waals surface area contributed by atoms with Gasteiger partial charge >= 0.3 is 0 Å². The zero-order valence-corrected chi connectivity index (χ0v) is 13.5. The van der Waals surface area contributed by atoms with E-state index in [1.54, 1.807) is 12.1 Å². The zero-order chi connectivity index (χ0) is 16.8. The SMILES string of the molecule is COCC(N)C(=O)Nc1ccc(Oc2ccc(C)c(C)c2)nc1. The summed E-state index contributed by atoms with van der Waals surface area (Å²) in [5.74, 6) is 0.850. The number of hydrogen-bond donors (Lipinski definition) is 2. The number of carbonyl (C=O) groups is 1. The van der Waals surface area contributed by atoms with Gasteiger partial charge in [-0.25, -0.2) is 4.98 Å². The maximum absolute atomic E-state index is 11.8. The van der Waals surface area contributed by atoms with E-state index in [1.807, 2.05) is 32.0 Å². The van der Waals surface area contributed by atoms with Crippen LogP contribution in [-0.4, -0.2) is 30.6 Å². The normalized spacial score (nSPS) is 11.8. The fourth-order valence-electron chi connectivity index (χ4n) is 1.90. The van der Waals surface area contributed by atoms with Gasteiger partial charge in [0.15, 0.2) is 0 Å². The molecule has 0 aliphatic heterocycles. The van der Waals surface area contributed by atoms with Gasteiger partial charge in [0.05, 0.1) is 18.5 Å². The van der Waals surface area contributed by atoms with Crippen LogP contribution in [0.2, 0.25) is 0 Å². The standard InChI is InChI=1S/C17H21N3O3/c1-11-4-6-14(8-12(11)2)23-16-7-5-13(9-19-16)20-17(21)15(18)10-22-3/h4-9,15H,10,18H2,1-3H3,(H,20,21). The van der Waals surface area contributed by atoms with E-state index < -0.39 is 6.04 Å². The lowest BCUT2D eigenvalue weighted by Crippen LogP contribution is -2.39. The number of aryl methyl sites for hydroxylation is 2. The minimum atomic E-state index is -0.716. The molecule has 1 aromatic carbocycles. The summed E-state index contributed by atoms with van der Waals surface area (Å²) in [7, 11) is 1.49. The number of pyridine rings is 1. The highest BCUT2D eigenvalue weighted by Gasteiger charge is 2.13. The number of aromatic nitrogens is 1. The Kier molecular flexibility index (Phi) is 5.67. The van der Waals surface area contributed by atoms with Gasteiger partial charge in [-0.05, 0) is 43.2 Å². The van der Waals surface area contributed by atoms with Crippen LogP contribution in [0.1, 0.15) is 11.1 Å². The Hall–Kier alpha value is -2.44. The predicted octanol–water partition coefficient (Wildman–Crippen LogP) is 2.40. The van der Waals surface area contributed by atoms with Crippen molar-refractivity contribution in [3.8, 4) is 11.6 Å². The molecule has 0 fully saturated rings. The fourth-order valence-corrected chi connectivity index (χ4v) is 1.90. The topological polar surface area (TPSA) is 86.5 Å².